The minimum absolute atomic E-state index is 0.0878. The third kappa shape index (κ3) is 4.47. The van der Waals surface area contributed by atoms with Gasteiger partial charge in [0.25, 0.3) is 0 Å². The van der Waals surface area contributed by atoms with Gasteiger partial charge in [0, 0.05) is 24.9 Å². The molecule has 0 bridgehead atoms. The normalized spacial score (nSPS) is 16.1. The molecule has 0 saturated carbocycles. The molecule has 104 valence electrons. The minimum atomic E-state index is -0.352. The predicted molar refractivity (Wildman–Crippen MR) is 74.6 cm³/mol. The molecule has 1 amide bonds. The number of ether oxygens (including phenoxy) is 1. The summed E-state index contributed by atoms with van der Waals surface area (Å²) in [6.07, 6.45) is 1.69. The lowest BCUT2D eigenvalue weighted by molar-refractivity contribution is -0.120. The van der Waals surface area contributed by atoms with Crippen LogP contribution in [0, 0.1) is 5.82 Å². The van der Waals surface area contributed by atoms with Gasteiger partial charge >= 0.3 is 0 Å². The van der Waals surface area contributed by atoms with Crippen molar-refractivity contribution in [3.8, 4) is 0 Å². The van der Waals surface area contributed by atoms with Gasteiger partial charge in [-0.1, -0.05) is 0 Å². The number of nitrogens with one attached hydrogen (secondary N) is 2. The Morgan fingerprint density at radius 1 is 1.42 bits per heavy atom. The van der Waals surface area contributed by atoms with Gasteiger partial charge in [0.15, 0.2) is 0 Å². The first-order valence-corrected chi connectivity index (χ1v) is 7.00. The number of benzene rings is 1. The van der Waals surface area contributed by atoms with Crippen molar-refractivity contribution in [1.29, 1.82) is 0 Å². The van der Waals surface area contributed by atoms with Crippen molar-refractivity contribution in [3.63, 3.8) is 0 Å². The molecule has 1 heterocycles. The summed E-state index contributed by atoms with van der Waals surface area (Å²) in [7, 11) is 0. The standard InChI is InChI=1S/C13H16BrFN2O2/c14-11-2-1-10(7-12(11)15)16-8-13(18)17-9-3-5-19-6-4-9/h1-2,7,9,16H,3-6,8H2,(H,17,18). The Balaban J connectivity index is 1.77. The molecule has 2 N–H and O–H groups in total. The van der Waals surface area contributed by atoms with Crippen LogP contribution in [-0.2, 0) is 9.53 Å². The number of carbonyl (C=O) groups excluding carboxylic acids is 1. The van der Waals surface area contributed by atoms with Crippen molar-refractivity contribution >= 4 is 27.5 Å². The van der Waals surface area contributed by atoms with E-state index in [9.17, 15) is 9.18 Å². The summed E-state index contributed by atoms with van der Waals surface area (Å²) in [5.41, 5.74) is 0.586. The zero-order valence-electron chi connectivity index (χ0n) is 10.4. The first-order chi connectivity index (χ1) is 9.15. The van der Waals surface area contributed by atoms with Crippen LogP contribution in [0.15, 0.2) is 22.7 Å². The molecule has 1 aliphatic heterocycles. The Labute approximate surface area is 119 Å². The van der Waals surface area contributed by atoms with Crippen molar-refractivity contribution in [2.45, 2.75) is 18.9 Å². The Hall–Kier alpha value is -1.14. The van der Waals surface area contributed by atoms with Crippen molar-refractivity contribution in [1.82, 2.24) is 5.32 Å². The fraction of sp³-hybridized carbons (Fsp3) is 0.462. The maximum atomic E-state index is 13.3. The van der Waals surface area contributed by atoms with Gasteiger partial charge in [0.05, 0.1) is 11.0 Å². The molecule has 0 aliphatic carbocycles. The highest BCUT2D eigenvalue weighted by atomic mass is 79.9. The van der Waals surface area contributed by atoms with E-state index in [-0.39, 0.29) is 24.3 Å². The number of hydrogen-bond acceptors (Lipinski definition) is 3. The smallest absolute Gasteiger partial charge is 0.239 e. The van der Waals surface area contributed by atoms with E-state index in [0.29, 0.717) is 23.4 Å². The molecule has 4 nitrogen and oxygen atoms in total. The number of halogens is 2. The highest BCUT2D eigenvalue weighted by Crippen LogP contribution is 2.19. The Bertz CT molecular complexity index is 450. The second-order valence-corrected chi connectivity index (χ2v) is 5.29. The van der Waals surface area contributed by atoms with E-state index in [2.05, 4.69) is 26.6 Å². The lowest BCUT2D eigenvalue weighted by Crippen LogP contribution is -2.41. The van der Waals surface area contributed by atoms with Gasteiger partial charge in [-0.05, 0) is 47.0 Å². The summed E-state index contributed by atoms with van der Waals surface area (Å²) in [5.74, 6) is -0.440. The van der Waals surface area contributed by atoms with Gasteiger partial charge in [0.1, 0.15) is 5.82 Å². The molecule has 0 spiro atoms. The van der Waals surface area contributed by atoms with Crippen molar-refractivity contribution in [2.24, 2.45) is 0 Å². The SMILES string of the molecule is O=C(CNc1ccc(Br)c(F)c1)NC1CCOCC1. The van der Waals surface area contributed by atoms with Gasteiger partial charge in [0.2, 0.25) is 5.91 Å². The average Bonchev–Trinajstić information content (AvgIpc) is 2.41. The van der Waals surface area contributed by atoms with E-state index in [0.717, 1.165) is 12.8 Å². The molecule has 0 atom stereocenters. The molecule has 1 saturated heterocycles. The molecule has 0 aromatic heterocycles. The van der Waals surface area contributed by atoms with E-state index >= 15 is 0 Å². The van der Waals surface area contributed by atoms with Crippen LogP contribution >= 0.6 is 15.9 Å². The lowest BCUT2D eigenvalue weighted by atomic mass is 10.1. The topological polar surface area (TPSA) is 50.4 Å². The molecule has 1 fully saturated rings. The van der Waals surface area contributed by atoms with Crippen LogP contribution in [0.4, 0.5) is 10.1 Å². The second kappa shape index (κ2) is 6.86. The van der Waals surface area contributed by atoms with Crippen LogP contribution in [0.2, 0.25) is 0 Å². The zero-order valence-corrected chi connectivity index (χ0v) is 12.0. The highest BCUT2D eigenvalue weighted by Gasteiger charge is 2.15. The van der Waals surface area contributed by atoms with E-state index in [1.165, 1.54) is 6.07 Å². The molecule has 0 unspecified atom stereocenters. The van der Waals surface area contributed by atoms with Crippen molar-refractivity contribution in [2.75, 3.05) is 25.1 Å². The number of hydrogen-bond donors (Lipinski definition) is 2. The van der Waals surface area contributed by atoms with Gasteiger partial charge in [-0.3, -0.25) is 4.79 Å². The molecular formula is C13H16BrFN2O2. The van der Waals surface area contributed by atoms with E-state index in [4.69, 9.17) is 4.74 Å². The molecule has 19 heavy (non-hydrogen) atoms. The summed E-state index contributed by atoms with van der Waals surface area (Å²) in [4.78, 5) is 11.7. The lowest BCUT2D eigenvalue weighted by Gasteiger charge is -2.23. The molecule has 0 radical (unpaired) electrons. The van der Waals surface area contributed by atoms with Crippen LogP contribution in [0.1, 0.15) is 12.8 Å². The quantitative estimate of drug-likeness (QED) is 0.890. The molecule has 1 aromatic rings. The van der Waals surface area contributed by atoms with E-state index in [1.54, 1.807) is 12.1 Å². The fourth-order valence-electron chi connectivity index (χ4n) is 1.91. The van der Waals surface area contributed by atoms with Crippen LogP contribution in [-0.4, -0.2) is 31.7 Å². The third-order valence-electron chi connectivity index (χ3n) is 2.96. The van der Waals surface area contributed by atoms with Gasteiger partial charge < -0.3 is 15.4 Å². The summed E-state index contributed by atoms with van der Waals surface area (Å²) in [5, 5.41) is 5.83. The third-order valence-corrected chi connectivity index (χ3v) is 3.60. The Kier molecular flexibility index (Phi) is 5.15. The number of amides is 1. The van der Waals surface area contributed by atoms with Crippen LogP contribution in [0.25, 0.3) is 0 Å². The van der Waals surface area contributed by atoms with Crippen LogP contribution in [0.5, 0.6) is 0 Å². The maximum Gasteiger partial charge on any atom is 0.239 e. The van der Waals surface area contributed by atoms with Crippen LogP contribution < -0.4 is 10.6 Å². The van der Waals surface area contributed by atoms with E-state index < -0.39 is 0 Å². The Morgan fingerprint density at radius 2 is 2.16 bits per heavy atom. The minimum Gasteiger partial charge on any atom is -0.381 e. The predicted octanol–water partition coefficient (Wildman–Crippen LogP) is 2.30. The summed E-state index contributed by atoms with van der Waals surface area (Å²) in [6, 6.07) is 4.86. The summed E-state index contributed by atoms with van der Waals surface area (Å²) >= 11 is 3.08. The molecule has 1 aromatic carbocycles. The zero-order chi connectivity index (χ0) is 13.7. The molecular weight excluding hydrogens is 315 g/mol. The monoisotopic (exact) mass is 330 g/mol. The first-order valence-electron chi connectivity index (χ1n) is 6.21. The second-order valence-electron chi connectivity index (χ2n) is 4.44. The average molecular weight is 331 g/mol. The maximum absolute atomic E-state index is 13.3. The molecule has 1 aliphatic rings. The van der Waals surface area contributed by atoms with Crippen molar-refractivity contribution in [3.05, 3.63) is 28.5 Å². The summed E-state index contributed by atoms with van der Waals surface area (Å²) < 4.78 is 18.9. The first kappa shape index (κ1) is 14.3. The molecule has 2 rings (SSSR count). The van der Waals surface area contributed by atoms with Gasteiger partial charge in [-0.2, -0.15) is 0 Å². The largest absolute Gasteiger partial charge is 0.381 e. The number of anilines is 1. The van der Waals surface area contributed by atoms with Gasteiger partial charge in [-0.25, -0.2) is 4.39 Å². The fourth-order valence-corrected chi connectivity index (χ4v) is 2.16. The molecule has 6 heteroatoms. The number of carbonyl (C=O) groups is 1. The highest BCUT2D eigenvalue weighted by molar-refractivity contribution is 9.10. The van der Waals surface area contributed by atoms with Crippen LogP contribution in [0.3, 0.4) is 0 Å². The van der Waals surface area contributed by atoms with Gasteiger partial charge in [-0.15, -0.1) is 0 Å². The Morgan fingerprint density at radius 3 is 2.84 bits per heavy atom. The summed E-state index contributed by atoms with van der Waals surface area (Å²) in [6.45, 7) is 1.52. The van der Waals surface area contributed by atoms with E-state index in [1.807, 2.05) is 0 Å². The number of rotatable bonds is 4. The van der Waals surface area contributed by atoms with Crippen molar-refractivity contribution < 1.29 is 13.9 Å².